The fourth-order valence-electron chi connectivity index (χ4n) is 4.54. The van der Waals surface area contributed by atoms with Crippen LogP contribution in [0.2, 0.25) is 5.02 Å². The van der Waals surface area contributed by atoms with Gasteiger partial charge < -0.3 is 16.0 Å². The number of benzene rings is 3. The van der Waals surface area contributed by atoms with Gasteiger partial charge in [-0.2, -0.15) is 13.2 Å². The maximum absolute atomic E-state index is 14.1. The third-order valence-electron chi connectivity index (χ3n) is 6.70. The first-order chi connectivity index (χ1) is 18.4. The van der Waals surface area contributed by atoms with Crippen molar-refractivity contribution in [1.82, 2.24) is 10.6 Å². The molecule has 3 N–H and O–H groups in total. The first-order valence-electron chi connectivity index (χ1n) is 11.8. The van der Waals surface area contributed by atoms with Crippen LogP contribution in [-0.4, -0.2) is 23.8 Å². The van der Waals surface area contributed by atoms with Gasteiger partial charge in [0.25, 0.3) is 17.7 Å². The Labute approximate surface area is 223 Å². The highest BCUT2D eigenvalue weighted by atomic mass is 35.5. The molecule has 1 fully saturated rings. The zero-order chi connectivity index (χ0) is 28.1. The molecule has 1 heterocycles. The summed E-state index contributed by atoms with van der Waals surface area (Å²) in [5.74, 6) is -4.23. The predicted molar refractivity (Wildman–Crippen MR) is 132 cm³/mol. The van der Waals surface area contributed by atoms with E-state index in [1.165, 1.54) is 18.2 Å². The van der Waals surface area contributed by atoms with E-state index in [-0.39, 0.29) is 45.1 Å². The molecular formula is C27H19ClF5N3O3. The summed E-state index contributed by atoms with van der Waals surface area (Å²) < 4.78 is 67.7. The van der Waals surface area contributed by atoms with Crippen molar-refractivity contribution in [3.8, 4) is 0 Å². The van der Waals surface area contributed by atoms with E-state index in [4.69, 9.17) is 11.6 Å². The highest BCUT2D eigenvalue weighted by Gasteiger charge is 2.36. The van der Waals surface area contributed by atoms with Crippen LogP contribution in [0.4, 0.5) is 27.6 Å². The van der Waals surface area contributed by atoms with E-state index in [0.29, 0.717) is 12.1 Å². The molecule has 0 bridgehead atoms. The van der Waals surface area contributed by atoms with Gasteiger partial charge in [-0.15, -0.1) is 0 Å². The van der Waals surface area contributed by atoms with E-state index in [1.54, 1.807) is 0 Å². The number of amides is 3. The summed E-state index contributed by atoms with van der Waals surface area (Å²) in [7, 11) is 0. The summed E-state index contributed by atoms with van der Waals surface area (Å²) in [4.78, 5) is 38.9. The maximum atomic E-state index is 14.1. The minimum absolute atomic E-state index is 0.00677. The topological polar surface area (TPSA) is 87.3 Å². The van der Waals surface area contributed by atoms with E-state index in [0.717, 1.165) is 31.4 Å². The largest absolute Gasteiger partial charge is 0.416 e. The SMILES string of the molecule is O=C(Nc1cc(C(=O)NC2CCC2)cc2c1C(c1cc(F)ccc1Cl)NC2=O)c1cc(F)cc(C(F)(F)F)c1. The molecule has 1 atom stereocenters. The molecule has 202 valence electrons. The number of hydrogen-bond acceptors (Lipinski definition) is 3. The Morgan fingerprint density at radius 3 is 2.31 bits per heavy atom. The van der Waals surface area contributed by atoms with Crippen molar-refractivity contribution in [3.05, 3.63) is 98.6 Å². The van der Waals surface area contributed by atoms with Crippen molar-refractivity contribution in [3.63, 3.8) is 0 Å². The van der Waals surface area contributed by atoms with E-state index >= 15 is 0 Å². The molecule has 3 amide bonds. The summed E-state index contributed by atoms with van der Waals surface area (Å²) in [5.41, 5.74) is -1.87. The van der Waals surface area contributed by atoms with Gasteiger partial charge >= 0.3 is 6.18 Å². The van der Waals surface area contributed by atoms with Crippen molar-refractivity contribution in [1.29, 1.82) is 0 Å². The lowest BCUT2D eigenvalue weighted by molar-refractivity contribution is -0.137. The second-order valence-corrected chi connectivity index (χ2v) is 9.75. The van der Waals surface area contributed by atoms with Gasteiger partial charge in [0.1, 0.15) is 11.6 Å². The molecule has 1 aliphatic heterocycles. The molecule has 1 aliphatic carbocycles. The Hall–Kier alpha value is -3.99. The van der Waals surface area contributed by atoms with Crippen LogP contribution in [-0.2, 0) is 6.18 Å². The van der Waals surface area contributed by atoms with Crippen molar-refractivity contribution < 1.29 is 36.3 Å². The summed E-state index contributed by atoms with van der Waals surface area (Å²) in [6.45, 7) is 0. The number of hydrogen-bond donors (Lipinski definition) is 3. The highest BCUT2D eigenvalue weighted by molar-refractivity contribution is 6.31. The number of anilines is 1. The fourth-order valence-corrected chi connectivity index (χ4v) is 4.76. The summed E-state index contributed by atoms with van der Waals surface area (Å²) >= 11 is 6.27. The molecule has 0 radical (unpaired) electrons. The zero-order valence-corrected chi connectivity index (χ0v) is 20.6. The number of rotatable bonds is 5. The number of carbonyl (C=O) groups excluding carboxylic acids is 3. The Morgan fingerprint density at radius 1 is 0.923 bits per heavy atom. The van der Waals surface area contributed by atoms with Crippen molar-refractivity contribution in [2.75, 3.05) is 5.32 Å². The Kier molecular flexibility index (Phi) is 6.79. The number of carbonyl (C=O) groups is 3. The van der Waals surface area contributed by atoms with Crippen molar-refractivity contribution in [2.45, 2.75) is 37.5 Å². The molecule has 39 heavy (non-hydrogen) atoms. The number of nitrogens with one attached hydrogen (secondary N) is 3. The molecule has 0 spiro atoms. The molecule has 0 saturated heterocycles. The minimum Gasteiger partial charge on any atom is -0.349 e. The van der Waals surface area contributed by atoms with Gasteiger partial charge in [0.05, 0.1) is 11.6 Å². The smallest absolute Gasteiger partial charge is 0.349 e. The molecule has 2 aliphatic rings. The van der Waals surface area contributed by atoms with E-state index in [1.807, 2.05) is 0 Å². The second-order valence-electron chi connectivity index (χ2n) is 9.34. The summed E-state index contributed by atoms with van der Waals surface area (Å²) in [6.07, 6.45) is -2.40. The normalized spacial score (nSPS) is 16.8. The first kappa shape index (κ1) is 26.6. The molecule has 3 aromatic rings. The van der Waals surface area contributed by atoms with E-state index < -0.39 is 52.7 Å². The molecule has 0 aromatic heterocycles. The van der Waals surface area contributed by atoms with Crippen LogP contribution in [0.1, 0.15) is 73.1 Å². The third kappa shape index (κ3) is 5.31. The lowest BCUT2D eigenvalue weighted by atomic mass is 9.92. The van der Waals surface area contributed by atoms with Gasteiger partial charge in [-0.1, -0.05) is 11.6 Å². The van der Waals surface area contributed by atoms with Gasteiger partial charge in [0.2, 0.25) is 0 Å². The van der Waals surface area contributed by atoms with Gasteiger partial charge in [-0.05, 0) is 67.8 Å². The Balaban J connectivity index is 1.60. The Bertz CT molecular complexity index is 1520. The van der Waals surface area contributed by atoms with Crippen LogP contribution in [0.3, 0.4) is 0 Å². The monoisotopic (exact) mass is 563 g/mol. The average molecular weight is 564 g/mol. The van der Waals surface area contributed by atoms with Gasteiger partial charge in [0, 0.05) is 44.6 Å². The average Bonchev–Trinajstić information content (AvgIpc) is 3.18. The molecule has 3 aromatic carbocycles. The highest BCUT2D eigenvalue weighted by Crippen LogP contribution is 2.40. The quantitative estimate of drug-likeness (QED) is 0.333. The molecule has 1 unspecified atom stereocenters. The fraction of sp³-hybridized carbons (Fsp3) is 0.222. The van der Waals surface area contributed by atoms with Gasteiger partial charge in [-0.25, -0.2) is 8.78 Å². The van der Waals surface area contributed by atoms with E-state index in [2.05, 4.69) is 16.0 Å². The maximum Gasteiger partial charge on any atom is 0.416 e. The third-order valence-corrected chi connectivity index (χ3v) is 7.04. The van der Waals surface area contributed by atoms with Crippen molar-refractivity contribution in [2.24, 2.45) is 0 Å². The van der Waals surface area contributed by atoms with Crippen LogP contribution in [0.5, 0.6) is 0 Å². The molecule has 12 heteroatoms. The summed E-state index contributed by atoms with van der Waals surface area (Å²) in [5, 5.41) is 7.97. The van der Waals surface area contributed by atoms with Crippen LogP contribution in [0.25, 0.3) is 0 Å². The van der Waals surface area contributed by atoms with Crippen LogP contribution in [0, 0.1) is 11.6 Å². The van der Waals surface area contributed by atoms with E-state index in [9.17, 15) is 36.3 Å². The minimum atomic E-state index is -4.91. The zero-order valence-electron chi connectivity index (χ0n) is 19.9. The number of alkyl halides is 3. The van der Waals surface area contributed by atoms with Crippen LogP contribution in [0.15, 0.2) is 48.5 Å². The number of halogens is 6. The lowest BCUT2D eigenvalue weighted by Gasteiger charge is -2.26. The Morgan fingerprint density at radius 2 is 1.64 bits per heavy atom. The van der Waals surface area contributed by atoms with Gasteiger partial charge in [-0.3, -0.25) is 14.4 Å². The summed E-state index contributed by atoms with van der Waals surface area (Å²) in [6, 6.07) is 6.30. The predicted octanol–water partition coefficient (Wildman–Crippen LogP) is 6.00. The van der Waals surface area contributed by atoms with Crippen molar-refractivity contribution >= 4 is 35.0 Å². The standard InChI is InChI=1S/C27H19ClF5N3O3/c28-20-5-4-15(29)11-18(20)23-22-19(26(39)36-23)8-13(24(37)34-17-2-1-3-17)9-21(22)35-25(38)12-6-14(27(31,32)33)10-16(30)7-12/h4-11,17,23H,1-3H2,(H,34,37)(H,35,38)(H,36,39). The lowest BCUT2D eigenvalue weighted by Crippen LogP contribution is -2.39. The molecule has 1 saturated carbocycles. The molecule has 5 rings (SSSR count). The molecule has 6 nitrogen and oxygen atoms in total. The number of fused-ring (bicyclic) bond motifs is 1. The first-order valence-corrected chi connectivity index (χ1v) is 12.2. The second kappa shape index (κ2) is 9.96. The van der Waals surface area contributed by atoms with Crippen LogP contribution >= 0.6 is 11.6 Å². The van der Waals surface area contributed by atoms with Crippen LogP contribution < -0.4 is 16.0 Å². The molecular weight excluding hydrogens is 545 g/mol. The van der Waals surface area contributed by atoms with Gasteiger partial charge in [0.15, 0.2) is 0 Å².